The average molecular weight is 148 g/mol. The summed E-state index contributed by atoms with van der Waals surface area (Å²) in [6.45, 7) is 3.43. The molecule has 1 rings (SSSR count). The fourth-order valence-electron chi connectivity index (χ4n) is 0.463. The Labute approximate surface area is 57.7 Å². The Kier molecular flexibility index (Phi) is 2.55. The molecule has 0 bridgehead atoms. The lowest BCUT2D eigenvalue weighted by Gasteiger charge is -2.21. The van der Waals surface area contributed by atoms with Crippen molar-refractivity contribution in [3.05, 3.63) is 0 Å². The summed E-state index contributed by atoms with van der Waals surface area (Å²) in [4.78, 5) is 0. The van der Waals surface area contributed by atoms with Gasteiger partial charge in [-0.3, -0.25) is 5.01 Å². The van der Waals surface area contributed by atoms with Crippen LogP contribution in [0.5, 0.6) is 0 Å². The smallest absolute Gasteiger partial charge is 0.0832 e. The molecule has 0 N–H and O–H groups in total. The second-order valence-electron chi connectivity index (χ2n) is 1.43. The number of nitrogens with zero attached hydrogens (tertiary/aromatic N) is 2. The summed E-state index contributed by atoms with van der Waals surface area (Å²) in [5.41, 5.74) is 0. The largest absolute Gasteiger partial charge is 0.278 e. The molecule has 2 nitrogen and oxygen atoms in total. The van der Waals surface area contributed by atoms with Crippen molar-refractivity contribution in [2.24, 2.45) is 5.10 Å². The van der Waals surface area contributed by atoms with Crippen molar-refractivity contribution in [3.63, 3.8) is 0 Å². The van der Waals surface area contributed by atoms with Gasteiger partial charge in [-0.1, -0.05) is 0 Å². The fourth-order valence-corrected chi connectivity index (χ4v) is 2.41. The molecule has 1 aliphatic rings. The molecule has 46 valence electrons. The molecule has 0 amide bonds. The van der Waals surface area contributed by atoms with Crippen LogP contribution in [0.4, 0.5) is 0 Å². The maximum Gasteiger partial charge on any atom is 0.0832 e. The van der Waals surface area contributed by atoms with Crippen LogP contribution in [0.2, 0.25) is 0 Å². The molecule has 0 aliphatic carbocycles. The molecule has 1 heterocycles. The van der Waals surface area contributed by atoms with Gasteiger partial charge in [-0.15, -0.1) is 23.5 Å². The summed E-state index contributed by atoms with van der Waals surface area (Å²) in [6.07, 6.45) is 0. The van der Waals surface area contributed by atoms with Crippen LogP contribution in [-0.4, -0.2) is 28.6 Å². The number of thioether (sulfide) groups is 2. The van der Waals surface area contributed by atoms with Gasteiger partial charge in [-0.05, 0) is 0 Å². The summed E-state index contributed by atoms with van der Waals surface area (Å²) >= 11 is 3.77. The Morgan fingerprint density at radius 1 is 1.38 bits per heavy atom. The van der Waals surface area contributed by atoms with Crippen molar-refractivity contribution in [1.29, 1.82) is 0 Å². The quantitative estimate of drug-likeness (QED) is 0.521. The SMILES string of the molecule is C=NN1CSCSC1. The third-order valence-corrected chi connectivity index (χ3v) is 3.14. The van der Waals surface area contributed by atoms with Crippen LogP contribution in [0.15, 0.2) is 5.10 Å². The summed E-state index contributed by atoms with van der Waals surface area (Å²) in [5, 5.41) is 6.95. The van der Waals surface area contributed by atoms with Gasteiger partial charge in [0.05, 0.1) is 11.8 Å². The lowest BCUT2D eigenvalue weighted by Crippen LogP contribution is -2.19. The van der Waals surface area contributed by atoms with Crippen molar-refractivity contribution in [2.45, 2.75) is 0 Å². The third-order valence-electron chi connectivity index (χ3n) is 0.847. The van der Waals surface area contributed by atoms with Crippen LogP contribution in [0.25, 0.3) is 0 Å². The molecular formula is C4H8N2S2. The van der Waals surface area contributed by atoms with E-state index in [4.69, 9.17) is 0 Å². The normalized spacial score (nSPS) is 20.8. The van der Waals surface area contributed by atoms with Gasteiger partial charge in [0.25, 0.3) is 0 Å². The maximum absolute atomic E-state index is 3.79. The zero-order chi connectivity index (χ0) is 5.82. The number of hydrogen-bond donors (Lipinski definition) is 0. The van der Waals surface area contributed by atoms with E-state index in [0.717, 1.165) is 11.8 Å². The lowest BCUT2D eigenvalue weighted by atomic mass is 11.1. The summed E-state index contributed by atoms with van der Waals surface area (Å²) in [6, 6.07) is 0. The van der Waals surface area contributed by atoms with E-state index >= 15 is 0 Å². The zero-order valence-electron chi connectivity index (χ0n) is 4.54. The van der Waals surface area contributed by atoms with Gasteiger partial charge < -0.3 is 0 Å². The van der Waals surface area contributed by atoms with Crippen LogP contribution >= 0.6 is 23.5 Å². The van der Waals surface area contributed by atoms with E-state index in [1.54, 1.807) is 0 Å². The molecule has 0 atom stereocenters. The molecule has 0 aromatic rings. The zero-order valence-corrected chi connectivity index (χ0v) is 6.17. The molecule has 8 heavy (non-hydrogen) atoms. The summed E-state index contributed by atoms with van der Waals surface area (Å²) in [7, 11) is 0. The molecule has 0 unspecified atom stereocenters. The topological polar surface area (TPSA) is 15.6 Å². The van der Waals surface area contributed by atoms with Gasteiger partial charge in [-0.2, -0.15) is 5.10 Å². The average Bonchev–Trinajstić information content (AvgIpc) is 1.90. The van der Waals surface area contributed by atoms with Crippen LogP contribution in [0.3, 0.4) is 0 Å². The second-order valence-corrected chi connectivity index (χ2v) is 3.71. The van der Waals surface area contributed by atoms with E-state index in [0.29, 0.717) is 0 Å². The molecule has 1 saturated heterocycles. The van der Waals surface area contributed by atoms with E-state index in [-0.39, 0.29) is 0 Å². The van der Waals surface area contributed by atoms with Crippen molar-refractivity contribution in [2.75, 3.05) is 16.8 Å². The van der Waals surface area contributed by atoms with E-state index in [2.05, 4.69) is 11.8 Å². The molecule has 0 aromatic heterocycles. The number of hydrogen-bond acceptors (Lipinski definition) is 4. The lowest BCUT2D eigenvalue weighted by molar-refractivity contribution is 0.405. The molecule has 4 heteroatoms. The number of rotatable bonds is 1. The van der Waals surface area contributed by atoms with Crippen molar-refractivity contribution < 1.29 is 0 Å². The highest BCUT2D eigenvalue weighted by Gasteiger charge is 2.05. The Bertz CT molecular complexity index is 80.1. The molecule has 1 aliphatic heterocycles. The molecule has 0 aromatic carbocycles. The monoisotopic (exact) mass is 148 g/mol. The van der Waals surface area contributed by atoms with Crippen LogP contribution in [-0.2, 0) is 0 Å². The van der Waals surface area contributed by atoms with E-state index in [1.165, 1.54) is 5.08 Å². The van der Waals surface area contributed by atoms with Crippen molar-refractivity contribution >= 4 is 30.2 Å². The van der Waals surface area contributed by atoms with Gasteiger partial charge in [0.2, 0.25) is 0 Å². The van der Waals surface area contributed by atoms with E-state index < -0.39 is 0 Å². The predicted molar refractivity (Wildman–Crippen MR) is 41.2 cm³/mol. The molecule has 0 radical (unpaired) electrons. The summed E-state index contributed by atoms with van der Waals surface area (Å²) in [5.74, 6) is 2.02. The Hall–Kier alpha value is 0.170. The fraction of sp³-hybridized carbons (Fsp3) is 0.750. The van der Waals surface area contributed by atoms with Gasteiger partial charge >= 0.3 is 0 Å². The maximum atomic E-state index is 3.79. The standard InChI is InChI=1S/C4H8N2S2/c1-5-6-2-7-4-8-3-6/h1-4H2. The van der Waals surface area contributed by atoms with Crippen LogP contribution in [0, 0.1) is 0 Å². The third kappa shape index (κ3) is 1.59. The van der Waals surface area contributed by atoms with Crippen molar-refractivity contribution in [3.8, 4) is 0 Å². The Morgan fingerprint density at radius 3 is 2.38 bits per heavy atom. The highest BCUT2D eigenvalue weighted by molar-refractivity contribution is 8.16. The highest BCUT2D eigenvalue weighted by atomic mass is 32.2. The van der Waals surface area contributed by atoms with E-state index in [1.807, 2.05) is 28.5 Å². The van der Waals surface area contributed by atoms with Gasteiger partial charge in [0, 0.05) is 11.8 Å². The van der Waals surface area contributed by atoms with E-state index in [9.17, 15) is 0 Å². The molecule has 0 saturated carbocycles. The van der Waals surface area contributed by atoms with Crippen LogP contribution in [0.1, 0.15) is 0 Å². The first-order valence-electron chi connectivity index (χ1n) is 2.30. The number of hydrazone groups is 1. The Morgan fingerprint density at radius 2 is 2.00 bits per heavy atom. The second kappa shape index (κ2) is 3.25. The minimum atomic E-state index is 1.01. The van der Waals surface area contributed by atoms with Gasteiger partial charge in [0.1, 0.15) is 0 Å². The molecule has 0 spiro atoms. The minimum absolute atomic E-state index is 1.01. The first-order chi connectivity index (χ1) is 3.93. The first kappa shape index (κ1) is 6.29. The first-order valence-corrected chi connectivity index (χ1v) is 4.61. The predicted octanol–water partition coefficient (Wildman–Crippen LogP) is 1.26. The minimum Gasteiger partial charge on any atom is -0.278 e. The van der Waals surface area contributed by atoms with Crippen molar-refractivity contribution in [1.82, 2.24) is 5.01 Å². The van der Waals surface area contributed by atoms with Gasteiger partial charge in [0.15, 0.2) is 0 Å². The summed E-state index contributed by atoms with van der Waals surface area (Å²) < 4.78 is 0. The molecule has 1 fully saturated rings. The highest BCUT2D eigenvalue weighted by Crippen LogP contribution is 2.20. The van der Waals surface area contributed by atoms with Gasteiger partial charge in [-0.25, -0.2) is 0 Å². The Balaban J connectivity index is 2.22. The molecular weight excluding hydrogens is 140 g/mol. The van der Waals surface area contributed by atoms with Crippen LogP contribution < -0.4 is 0 Å².